The van der Waals surface area contributed by atoms with Gasteiger partial charge in [-0.2, -0.15) is 4.98 Å². The molecule has 1 aromatic carbocycles. The third-order valence-electron chi connectivity index (χ3n) is 3.76. The van der Waals surface area contributed by atoms with E-state index in [2.05, 4.69) is 4.98 Å². The fraction of sp³-hybridized carbons (Fsp3) is 0.214. The number of pyridine rings is 1. The van der Waals surface area contributed by atoms with Crippen LogP contribution in [-0.2, 0) is 13.0 Å². The van der Waals surface area contributed by atoms with Crippen LogP contribution in [0.1, 0.15) is 16.7 Å². The van der Waals surface area contributed by atoms with Crippen LogP contribution < -0.4 is 26.7 Å². The highest BCUT2D eigenvalue weighted by Gasteiger charge is 2.28. The number of ether oxygens (including phenoxy) is 2. The van der Waals surface area contributed by atoms with E-state index < -0.39 is 4.92 Å². The number of hydrogen-bond donors (Lipinski definition) is 3. The van der Waals surface area contributed by atoms with Gasteiger partial charge in [-0.3, -0.25) is 10.1 Å². The number of aromatic nitrogens is 1. The van der Waals surface area contributed by atoms with E-state index in [-0.39, 0.29) is 29.7 Å². The predicted molar refractivity (Wildman–Crippen MR) is 83.5 cm³/mol. The summed E-state index contributed by atoms with van der Waals surface area (Å²) in [5.74, 6) is 1.09. The first-order valence-electron chi connectivity index (χ1n) is 6.76. The Balaban J connectivity index is 2.17. The lowest BCUT2D eigenvalue weighted by molar-refractivity contribution is -0.385. The molecule has 1 aliphatic rings. The number of hydrogen-bond acceptors (Lipinski definition) is 8. The summed E-state index contributed by atoms with van der Waals surface area (Å²) in [4.78, 5) is 14.7. The average molecular weight is 317 g/mol. The largest absolute Gasteiger partial charge is 0.493 e. The van der Waals surface area contributed by atoms with Crippen molar-refractivity contribution in [3.8, 4) is 17.4 Å². The minimum atomic E-state index is -0.492. The summed E-state index contributed by atoms with van der Waals surface area (Å²) in [7, 11) is 1.41. The van der Waals surface area contributed by atoms with E-state index in [0.717, 1.165) is 0 Å². The fourth-order valence-corrected chi connectivity index (χ4v) is 2.58. The van der Waals surface area contributed by atoms with Crippen LogP contribution in [0.25, 0.3) is 0 Å². The molecule has 2 aromatic rings. The molecule has 0 fully saturated rings. The zero-order valence-electron chi connectivity index (χ0n) is 12.3. The Morgan fingerprint density at radius 1 is 1.43 bits per heavy atom. The Morgan fingerprint density at radius 3 is 2.78 bits per heavy atom. The van der Waals surface area contributed by atoms with Crippen molar-refractivity contribution in [1.29, 1.82) is 0 Å². The molecule has 0 saturated carbocycles. The quantitative estimate of drug-likeness (QED) is 0.483. The molecule has 1 aromatic heterocycles. The Bertz CT molecular complexity index is 822. The summed E-state index contributed by atoms with van der Waals surface area (Å²) >= 11 is 0. The molecule has 6 N–H and O–H groups in total. The number of nitro benzene ring substituents is 1. The standard InChI is InChI=1S/C14H15N5O4/c1-22-10-4-7(19(20)21)2-6-3-8-11(16)9(5-15)13(17)18-14(8)23-12(6)10/h2,4H,3,5,15H2,1H3,(H4,16,17,18). The SMILES string of the molecule is COc1cc([N+](=O)[O-])cc2c1Oc1nc(N)c(CN)c(N)c1C2. The van der Waals surface area contributed by atoms with Gasteiger partial charge in [0, 0.05) is 41.4 Å². The molecule has 23 heavy (non-hydrogen) atoms. The van der Waals surface area contributed by atoms with Gasteiger partial charge in [-0.25, -0.2) is 0 Å². The highest BCUT2D eigenvalue weighted by Crippen LogP contribution is 2.46. The van der Waals surface area contributed by atoms with Crippen LogP contribution in [0.5, 0.6) is 17.4 Å². The molecule has 9 heteroatoms. The average Bonchev–Trinajstić information content (AvgIpc) is 2.52. The topological polar surface area (TPSA) is 153 Å². The highest BCUT2D eigenvalue weighted by atomic mass is 16.6. The van der Waals surface area contributed by atoms with Gasteiger partial charge in [0.15, 0.2) is 11.5 Å². The molecule has 2 heterocycles. The molecule has 9 nitrogen and oxygen atoms in total. The number of fused-ring (bicyclic) bond motifs is 2. The van der Waals surface area contributed by atoms with Crippen molar-refractivity contribution < 1.29 is 14.4 Å². The molecule has 0 bridgehead atoms. The lowest BCUT2D eigenvalue weighted by atomic mass is 9.98. The number of anilines is 2. The van der Waals surface area contributed by atoms with Crippen LogP contribution in [0, 0.1) is 10.1 Å². The number of nitrogens with zero attached hydrogens (tertiary/aromatic N) is 2. The predicted octanol–water partition coefficient (Wildman–Crippen LogP) is 1.32. The lowest BCUT2D eigenvalue weighted by Crippen LogP contribution is -2.15. The smallest absolute Gasteiger partial charge is 0.273 e. The number of non-ortho nitro benzene ring substituents is 1. The fourth-order valence-electron chi connectivity index (χ4n) is 2.58. The van der Waals surface area contributed by atoms with E-state index >= 15 is 0 Å². The molecular weight excluding hydrogens is 302 g/mol. The molecule has 0 spiro atoms. The summed E-state index contributed by atoms with van der Waals surface area (Å²) in [5.41, 5.74) is 19.6. The van der Waals surface area contributed by atoms with Crippen LogP contribution in [0.4, 0.5) is 17.2 Å². The summed E-state index contributed by atoms with van der Waals surface area (Å²) in [6, 6.07) is 2.73. The van der Waals surface area contributed by atoms with Crippen LogP contribution >= 0.6 is 0 Å². The Morgan fingerprint density at radius 2 is 2.17 bits per heavy atom. The summed E-state index contributed by atoms with van der Waals surface area (Å²) in [6.45, 7) is 0.142. The van der Waals surface area contributed by atoms with E-state index in [4.69, 9.17) is 26.7 Å². The van der Waals surface area contributed by atoms with Crippen LogP contribution in [0.15, 0.2) is 12.1 Å². The third-order valence-corrected chi connectivity index (χ3v) is 3.76. The molecule has 0 atom stereocenters. The van der Waals surface area contributed by atoms with Gasteiger partial charge in [-0.05, 0) is 0 Å². The maximum Gasteiger partial charge on any atom is 0.273 e. The Kier molecular flexibility index (Phi) is 3.41. The van der Waals surface area contributed by atoms with E-state index in [9.17, 15) is 10.1 Å². The van der Waals surface area contributed by atoms with Gasteiger partial charge in [-0.1, -0.05) is 0 Å². The number of benzene rings is 1. The van der Waals surface area contributed by atoms with Crippen molar-refractivity contribution in [1.82, 2.24) is 4.98 Å². The number of rotatable bonds is 3. The molecule has 0 saturated heterocycles. The van der Waals surface area contributed by atoms with Crippen LogP contribution in [0.2, 0.25) is 0 Å². The maximum absolute atomic E-state index is 11.1. The summed E-state index contributed by atoms with van der Waals surface area (Å²) < 4.78 is 10.9. The third kappa shape index (κ3) is 2.27. The van der Waals surface area contributed by atoms with Crippen molar-refractivity contribution >= 4 is 17.2 Å². The number of nitrogens with two attached hydrogens (primary N) is 3. The molecule has 0 amide bonds. The molecule has 0 unspecified atom stereocenters. The minimum Gasteiger partial charge on any atom is -0.493 e. The lowest BCUT2D eigenvalue weighted by Gasteiger charge is -2.23. The van der Waals surface area contributed by atoms with Crippen molar-refractivity contribution in [3.05, 3.63) is 38.9 Å². The second-order valence-corrected chi connectivity index (χ2v) is 5.05. The second kappa shape index (κ2) is 5.29. The molecule has 120 valence electrons. The minimum absolute atomic E-state index is 0.0892. The van der Waals surface area contributed by atoms with Crippen molar-refractivity contribution in [2.24, 2.45) is 5.73 Å². The van der Waals surface area contributed by atoms with Gasteiger partial charge < -0.3 is 26.7 Å². The van der Waals surface area contributed by atoms with Crippen LogP contribution in [0.3, 0.4) is 0 Å². The van der Waals surface area contributed by atoms with Gasteiger partial charge in [0.25, 0.3) is 5.69 Å². The first-order chi connectivity index (χ1) is 11.0. The second-order valence-electron chi connectivity index (χ2n) is 5.05. The van der Waals surface area contributed by atoms with E-state index in [0.29, 0.717) is 34.5 Å². The zero-order chi connectivity index (χ0) is 16.7. The number of methoxy groups -OCH3 is 1. The normalized spacial score (nSPS) is 12.1. The van der Waals surface area contributed by atoms with Crippen molar-refractivity contribution in [2.45, 2.75) is 13.0 Å². The number of nitrogen functional groups attached to an aromatic ring is 2. The summed E-state index contributed by atoms with van der Waals surface area (Å²) in [6.07, 6.45) is 0.314. The van der Waals surface area contributed by atoms with E-state index in [1.807, 2.05) is 0 Å². The highest BCUT2D eigenvalue weighted by molar-refractivity contribution is 5.70. The van der Waals surface area contributed by atoms with Gasteiger partial charge in [0.2, 0.25) is 5.88 Å². The number of nitro groups is 1. The first kappa shape index (κ1) is 14.9. The van der Waals surface area contributed by atoms with Gasteiger partial charge >= 0.3 is 0 Å². The van der Waals surface area contributed by atoms with E-state index in [1.165, 1.54) is 19.2 Å². The van der Waals surface area contributed by atoms with Crippen molar-refractivity contribution in [3.63, 3.8) is 0 Å². The molecule has 1 aliphatic heterocycles. The van der Waals surface area contributed by atoms with Gasteiger partial charge in [0.05, 0.1) is 18.1 Å². The molecule has 3 rings (SSSR count). The monoisotopic (exact) mass is 317 g/mol. The Labute approximate surface area is 131 Å². The van der Waals surface area contributed by atoms with Crippen LogP contribution in [-0.4, -0.2) is 17.0 Å². The molecular formula is C14H15N5O4. The Hall–Kier alpha value is -3.07. The zero-order valence-corrected chi connectivity index (χ0v) is 12.3. The van der Waals surface area contributed by atoms with E-state index in [1.54, 1.807) is 0 Å². The van der Waals surface area contributed by atoms with Crippen molar-refractivity contribution in [2.75, 3.05) is 18.6 Å². The first-order valence-corrected chi connectivity index (χ1v) is 6.76. The maximum atomic E-state index is 11.1. The van der Waals surface area contributed by atoms with Gasteiger partial charge in [-0.15, -0.1) is 0 Å². The summed E-state index contributed by atoms with van der Waals surface area (Å²) in [5, 5.41) is 11.1. The van der Waals surface area contributed by atoms with Gasteiger partial charge in [0.1, 0.15) is 5.82 Å². The molecule has 0 aliphatic carbocycles. The molecule has 0 radical (unpaired) electrons.